The Labute approximate surface area is 82.1 Å². The molecule has 0 aromatic heterocycles. The molecule has 76 valence electrons. The lowest BCUT2D eigenvalue weighted by Crippen LogP contribution is -2.14. The number of benzene rings is 1. The number of nitrogens with two attached hydrogens (primary N) is 1. The van der Waals surface area contributed by atoms with Crippen LogP contribution in [-0.4, -0.2) is 18.0 Å². The van der Waals surface area contributed by atoms with Crippen LogP contribution in [-0.2, 0) is 0 Å². The molecule has 0 fully saturated rings. The molecule has 1 aromatic carbocycles. The molecule has 0 saturated carbocycles. The molecule has 1 aromatic rings. The summed E-state index contributed by atoms with van der Waals surface area (Å²) in [7, 11) is 0. The van der Waals surface area contributed by atoms with E-state index >= 15 is 0 Å². The smallest absolute Gasteiger partial charge is 0.292 e. The predicted octanol–water partition coefficient (Wildman–Crippen LogP) is 1.27. The number of anilines is 1. The fourth-order valence-electron chi connectivity index (χ4n) is 1.23. The van der Waals surface area contributed by atoms with Gasteiger partial charge < -0.3 is 11.1 Å². The highest BCUT2D eigenvalue weighted by molar-refractivity contribution is 5.65. The topological polar surface area (TPSA) is 81.2 Å². The van der Waals surface area contributed by atoms with E-state index in [0.29, 0.717) is 18.8 Å². The second kappa shape index (κ2) is 4.57. The molecule has 14 heavy (non-hydrogen) atoms. The zero-order valence-electron chi connectivity index (χ0n) is 7.99. The number of rotatable bonds is 4. The SMILES string of the molecule is Cc1cccc([N+](=O)[O-])c1NCCN. The van der Waals surface area contributed by atoms with Gasteiger partial charge in [-0.05, 0) is 12.5 Å². The molecule has 0 aliphatic heterocycles. The third-order valence-corrected chi connectivity index (χ3v) is 1.89. The van der Waals surface area contributed by atoms with Crippen molar-refractivity contribution in [2.75, 3.05) is 18.4 Å². The first kappa shape index (κ1) is 10.5. The maximum absolute atomic E-state index is 10.7. The third kappa shape index (κ3) is 2.20. The summed E-state index contributed by atoms with van der Waals surface area (Å²) in [6.07, 6.45) is 0. The van der Waals surface area contributed by atoms with Crippen LogP contribution < -0.4 is 11.1 Å². The van der Waals surface area contributed by atoms with Gasteiger partial charge in [-0.15, -0.1) is 0 Å². The number of aryl methyl sites for hydroxylation is 1. The lowest BCUT2D eigenvalue weighted by atomic mass is 10.1. The van der Waals surface area contributed by atoms with Crippen LogP contribution in [0.15, 0.2) is 18.2 Å². The summed E-state index contributed by atoms with van der Waals surface area (Å²) in [6.45, 7) is 2.81. The molecule has 0 heterocycles. The minimum Gasteiger partial charge on any atom is -0.378 e. The predicted molar refractivity (Wildman–Crippen MR) is 55.4 cm³/mol. The molecular weight excluding hydrogens is 182 g/mol. The van der Waals surface area contributed by atoms with Gasteiger partial charge in [0, 0.05) is 19.2 Å². The van der Waals surface area contributed by atoms with Crippen LogP contribution in [0.5, 0.6) is 0 Å². The summed E-state index contributed by atoms with van der Waals surface area (Å²) in [4.78, 5) is 10.3. The van der Waals surface area contributed by atoms with E-state index < -0.39 is 4.92 Å². The van der Waals surface area contributed by atoms with Gasteiger partial charge >= 0.3 is 0 Å². The first-order valence-corrected chi connectivity index (χ1v) is 4.34. The molecule has 5 nitrogen and oxygen atoms in total. The summed E-state index contributed by atoms with van der Waals surface area (Å²) >= 11 is 0. The molecule has 0 aliphatic carbocycles. The number of nitrogens with zero attached hydrogens (tertiary/aromatic N) is 1. The van der Waals surface area contributed by atoms with Crippen molar-refractivity contribution in [2.45, 2.75) is 6.92 Å². The first-order chi connectivity index (χ1) is 6.66. The molecule has 0 spiro atoms. The Morgan fingerprint density at radius 1 is 1.57 bits per heavy atom. The molecule has 3 N–H and O–H groups in total. The number of nitrogens with one attached hydrogen (secondary N) is 1. The van der Waals surface area contributed by atoms with Crippen molar-refractivity contribution in [3.63, 3.8) is 0 Å². The fraction of sp³-hybridized carbons (Fsp3) is 0.333. The van der Waals surface area contributed by atoms with Crippen molar-refractivity contribution < 1.29 is 4.92 Å². The van der Waals surface area contributed by atoms with Gasteiger partial charge in [0.25, 0.3) is 5.69 Å². The van der Waals surface area contributed by atoms with Gasteiger partial charge in [-0.2, -0.15) is 0 Å². The quantitative estimate of drug-likeness (QED) is 0.560. The molecule has 0 unspecified atom stereocenters. The van der Waals surface area contributed by atoms with Gasteiger partial charge in [0.15, 0.2) is 0 Å². The van der Waals surface area contributed by atoms with Crippen molar-refractivity contribution in [3.8, 4) is 0 Å². The standard InChI is InChI=1S/C9H13N3O2/c1-7-3-2-4-8(12(13)14)9(7)11-6-5-10/h2-4,11H,5-6,10H2,1H3. The number of hydrogen-bond donors (Lipinski definition) is 2. The molecule has 0 aliphatic rings. The third-order valence-electron chi connectivity index (χ3n) is 1.89. The lowest BCUT2D eigenvalue weighted by molar-refractivity contribution is -0.384. The maximum atomic E-state index is 10.7. The van der Waals surface area contributed by atoms with Crippen LogP contribution in [0.3, 0.4) is 0 Å². The van der Waals surface area contributed by atoms with Crippen LogP contribution in [0.1, 0.15) is 5.56 Å². The summed E-state index contributed by atoms with van der Waals surface area (Å²) in [5, 5.41) is 13.6. The molecule has 0 radical (unpaired) electrons. The van der Waals surface area contributed by atoms with Crippen molar-refractivity contribution in [3.05, 3.63) is 33.9 Å². The average Bonchev–Trinajstić information content (AvgIpc) is 2.15. The van der Waals surface area contributed by atoms with E-state index in [1.54, 1.807) is 6.07 Å². The highest BCUT2D eigenvalue weighted by Gasteiger charge is 2.13. The Kier molecular flexibility index (Phi) is 3.41. The molecular formula is C9H13N3O2. The van der Waals surface area contributed by atoms with Crippen LogP contribution in [0.25, 0.3) is 0 Å². The molecule has 5 heteroatoms. The Morgan fingerprint density at radius 2 is 2.29 bits per heavy atom. The second-order valence-corrected chi connectivity index (χ2v) is 2.94. The van der Waals surface area contributed by atoms with E-state index in [0.717, 1.165) is 5.56 Å². The highest BCUT2D eigenvalue weighted by Crippen LogP contribution is 2.26. The van der Waals surface area contributed by atoms with Crippen LogP contribution in [0.4, 0.5) is 11.4 Å². The number of para-hydroxylation sites is 1. The van der Waals surface area contributed by atoms with Gasteiger partial charge in [0.1, 0.15) is 5.69 Å². The summed E-state index contributed by atoms with van der Waals surface area (Å²) in [5.74, 6) is 0. The van der Waals surface area contributed by atoms with Gasteiger partial charge in [0.05, 0.1) is 4.92 Å². The van der Waals surface area contributed by atoms with Gasteiger partial charge in [-0.3, -0.25) is 10.1 Å². The number of hydrogen-bond acceptors (Lipinski definition) is 4. The average molecular weight is 195 g/mol. The molecule has 0 atom stereocenters. The summed E-state index contributed by atoms with van der Waals surface area (Å²) in [5.41, 5.74) is 6.83. The fourth-order valence-corrected chi connectivity index (χ4v) is 1.23. The van der Waals surface area contributed by atoms with Gasteiger partial charge in [0.2, 0.25) is 0 Å². The van der Waals surface area contributed by atoms with E-state index in [9.17, 15) is 10.1 Å². The first-order valence-electron chi connectivity index (χ1n) is 4.34. The second-order valence-electron chi connectivity index (χ2n) is 2.94. The molecule has 0 amide bonds. The zero-order valence-corrected chi connectivity index (χ0v) is 7.99. The molecule has 0 saturated heterocycles. The largest absolute Gasteiger partial charge is 0.378 e. The molecule has 1 rings (SSSR count). The normalized spacial score (nSPS) is 9.86. The number of nitro groups is 1. The van der Waals surface area contributed by atoms with Crippen molar-refractivity contribution >= 4 is 11.4 Å². The minimum absolute atomic E-state index is 0.0958. The van der Waals surface area contributed by atoms with Crippen molar-refractivity contribution in [1.82, 2.24) is 0 Å². The van der Waals surface area contributed by atoms with Gasteiger partial charge in [-0.1, -0.05) is 12.1 Å². The monoisotopic (exact) mass is 195 g/mol. The van der Waals surface area contributed by atoms with E-state index in [-0.39, 0.29) is 5.69 Å². The Morgan fingerprint density at radius 3 is 2.86 bits per heavy atom. The van der Waals surface area contributed by atoms with Crippen LogP contribution >= 0.6 is 0 Å². The number of nitro benzene ring substituents is 1. The van der Waals surface area contributed by atoms with E-state index in [1.165, 1.54) is 6.07 Å². The highest BCUT2D eigenvalue weighted by atomic mass is 16.6. The lowest BCUT2D eigenvalue weighted by Gasteiger charge is -2.08. The zero-order chi connectivity index (χ0) is 10.6. The summed E-state index contributed by atoms with van der Waals surface area (Å²) < 4.78 is 0. The maximum Gasteiger partial charge on any atom is 0.292 e. The Balaban J connectivity index is 3.02. The summed E-state index contributed by atoms with van der Waals surface area (Å²) in [6, 6.07) is 4.97. The van der Waals surface area contributed by atoms with E-state index in [2.05, 4.69) is 5.32 Å². The van der Waals surface area contributed by atoms with Gasteiger partial charge in [-0.25, -0.2) is 0 Å². The van der Waals surface area contributed by atoms with Crippen LogP contribution in [0.2, 0.25) is 0 Å². The van der Waals surface area contributed by atoms with E-state index in [4.69, 9.17) is 5.73 Å². The van der Waals surface area contributed by atoms with E-state index in [1.807, 2.05) is 13.0 Å². The Bertz CT molecular complexity index is 339. The Hall–Kier alpha value is -1.62. The molecule has 0 bridgehead atoms. The minimum atomic E-state index is -0.397. The van der Waals surface area contributed by atoms with Crippen molar-refractivity contribution in [1.29, 1.82) is 0 Å². The van der Waals surface area contributed by atoms with Crippen LogP contribution in [0, 0.1) is 17.0 Å². The van der Waals surface area contributed by atoms with Crippen molar-refractivity contribution in [2.24, 2.45) is 5.73 Å².